The molecule has 4 heteroatoms. The summed E-state index contributed by atoms with van der Waals surface area (Å²) in [7, 11) is 1.68. The van der Waals surface area contributed by atoms with Crippen molar-refractivity contribution in [1.82, 2.24) is 10.5 Å². The van der Waals surface area contributed by atoms with E-state index in [2.05, 4.69) is 28.5 Å². The molecule has 0 radical (unpaired) electrons. The summed E-state index contributed by atoms with van der Waals surface area (Å²) >= 11 is 0. The largest absolute Gasteiger partial charge is 0.279 e. The molecule has 2 unspecified atom stereocenters. The van der Waals surface area contributed by atoms with Gasteiger partial charge in [0.15, 0.2) is 6.29 Å². The van der Waals surface area contributed by atoms with E-state index in [1.807, 2.05) is 11.2 Å². The van der Waals surface area contributed by atoms with Crippen LogP contribution >= 0.6 is 0 Å². The third-order valence-electron chi connectivity index (χ3n) is 2.50. The van der Waals surface area contributed by atoms with Crippen LogP contribution in [0, 0.1) is 0 Å². The van der Waals surface area contributed by atoms with Crippen molar-refractivity contribution in [2.45, 2.75) is 12.8 Å². The van der Waals surface area contributed by atoms with Gasteiger partial charge < -0.3 is 0 Å². The number of anilines is 1. The third kappa shape index (κ3) is 0.904. The second-order valence-electron chi connectivity index (χ2n) is 3.21. The van der Waals surface area contributed by atoms with E-state index in [9.17, 15) is 0 Å². The van der Waals surface area contributed by atoms with Gasteiger partial charge in [0.05, 0.1) is 12.8 Å². The van der Waals surface area contributed by atoms with Crippen LogP contribution in [0.1, 0.15) is 5.56 Å². The van der Waals surface area contributed by atoms with E-state index in [1.165, 1.54) is 11.3 Å². The minimum absolute atomic E-state index is 0.236. The van der Waals surface area contributed by atoms with Crippen molar-refractivity contribution < 1.29 is 4.84 Å². The molecule has 1 aromatic carbocycles. The Labute approximate surface area is 76.6 Å². The van der Waals surface area contributed by atoms with E-state index in [-0.39, 0.29) is 6.29 Å². The molecule has 4 nitrogen and oxygen atoms in total. The Kier molecular flexibility index (Phi) is 1.38. The lowest BCUT2D eigenvalue weighted by atomic mass is 10.1. The molecule has 1 N–H and O–H groups in total. The van der Waals surface area contributed by atoms with Gasteiger partial charge in [-0.2, -0.15) is 0 Å². The molecule has 0 bridgehead atoms. The Bertz CT molecular complexity index is 337. The fourth-order valence-electron chi connectivity index (χ4n) is 1.83. The molecular formula is C9H11N3O. The maximum atomic E-state index is 5.16. The summed E-state index contributed by atoms with van der Waals surface area (Å²) in [6, 6.07) is 8.35. The van der Waals surface area contributed by atoms with Gasteiger partial charge in [-0.1, -0.05) is 23.4 Å². The second-order valence-corrected chi connectivity index (χ2v) is 3.21. The third-order valence-corrected chi connectivity index (χ3v) is 2.50. The molecule has 1 aromatic rings. The fraction of sp³-hybridized carbons (Fsp3) is 0.333. The van der Waals surface area contributed by atoms with Gasteiger partial charge in [0.25, 0.3) is 0 Å². The summed E-state index contributed by atoms with van der Waals surface area (Å²) in [5.74, 6) is 0. The van der Waals surface area contributed by atoms with E-state index in [0.717, 1.165) is 6.54 Å². The molecule has 0 saturated carbocycles. The number of hydrazine groups is 1. The standard InChI is InChI=1S/C9H11N3O/c1-13-12-9-10-6-7-4-2-3-5-8(7)11(9)12/h2-5,9-10H,6H2,1H3. The Balaban J connectivity index is 2.00. The maximum Gasteiger partial charge on any atom is 0.197 e. The lowest BCUT2D eigenvalue weighted by molar-refractivity contribution is -0.0444. The van der Waals surface area contributed by atoms with Gasteiger partial charge in [-0.05, 0) is 11.6 Å². The summed E-state index contributed by atoms with van der Waals surface area (Å²) < 4.78 is 0. The van der Waals surface area contributed by atoms with Crippen molar-refractivity contribution >= 4 is 5.69 Å². The Morgan fingerprint density at radius 3 is 3.15 bits per heavy atom. The van der Waals surface area contributed by atoms with Crippen LogP contribution in [0.25, 0.3) is 0 Å². The first-order valence-electron chi connectivity index (χ1n) is 4.35. The Morgan fingerprint density at radius 2 is 2.31 bits per heavy atom. The number of fused-ring (bicyclic) bond motifs is 3. The van der Waals surface area contributed by atoms with E-state index >= 15 is 0 Å². The van der Waals surface area contributed by atoms with Crippen LogP contribution in [-0.4, -0.2) is 18.6 Å². The molecule has 0 amide bonds. The minimum Gasteiger partial charge on any atom is -0.279 e. The fourth-order valence-corrected chi connectivity index (χ4v) is 1.83. The minimum atomic E-state index is 0.236. The second kappa shape index (κ2) is 2.45. The summed E-state index contributed by atoms with van der Waals surface area (Å²) in [5, 5.41) is 7.26. The average molecular weight is 177 g/mol. The number of nitrogens with zero attached hydrogens (tertiary/aromatic N) is 2. The van der Waals surface area contributed by atoms with Crippen LogP contribution in [0.3, 0.4) is 0 Å². The van der Waals surface area contributed by atoms with E-state index in [1.54, 1.807) is 7.11 Å². The molecule has 2 atom stereocenters. The molecule has 3 rings (SSSR count). The van der Waals surface area contributed by atoms with Crippen molar-refractivity contribution in [1.29, 1.82) is 0 Å². The summed E-state index contributed by atoms with van der Waals surface area (Å²) in [5.41, 5.74) is 2.56. The van der Waals surface area contributed by atoms with Gasteiger partial charge in [-0.3, -0.25) is 10.2 Å². The van der Waals surface area contributed by atoms with Crippen LogP contribution in [0.4, 0.5) is 5.69 Å². The lowest BCUT2D eigenvalue weighted by Gasteiger charge is -2.14. The molecule has 1 fully saturated rings. The molecule has 2 heterocycles. The van der Waals surface area contributed by atoms with E-state index in [4.69, 9.17) is 4.84 Å². The van der Waals surface area contributed by atoms with Gasteiger partial charge in [0.1, 0.15) is 0 Å². The predicted molar refractivity (Wildman–Crippen MR) is 48.4 cm³/mol. The molecule has 0 spiro atoms. The van der Waals surface area contributed by atoms with E-state index in [0.29, 0.717) is 0 Å². The molecule has 68 valence electrons. The van der Waals surface area contributed by atoms with E-state index < -0.39 is 0 Å². The van der Waals surface area contributed by atoms with Crippen LogP contribution in [-0.2, 0) is 11.4 Å². The van der Waals surface area contributed by atoms with Crippen LogP contribution in [0.15, 0.2) is 24.3 Å². The van der Waals surface area contributed by atoms with Gasteiger partial charge >= 0.3 is 0 Å². The van der Waals surface area contributed by atoms with Crippen LogP contribution in [0.2, 0.25) is 0 Å². The zero-order chi connectivity index (χ0) is 8.84. The number of hydrogen-bond donors (Lipinski definition) is 1. The lowest BCUT2D eigenvalue weighted by Crippen LogP contribution is -2.26. The highest BCUT2D eigenvalue weighted by atomic mass is 16.8. The van der Waals surface area contributed by atoms with Gasteiger partial charge in [-0.25, -0.2) is 5.01 Å². The van der Waals surface area contributed by atoms with Crippen LogP contribution in [0.5, 0.6) is 0 Å². The molecule has 0 aliphatic carbocycles. The molecule has 13 heavy (non-hydrogen) atoms. The first-order chi connectivity index (χ1) is 6.42. The monoisotopic (exact) mass is 177 g/mol. The quantitative estimate of drug-likeness (QED) is 0.638. The normalized spacial score (nSPS) is 29.5. The summed E-state index contributed by atoms with van der Waals surface area (Å²) in [6.45, 7) is 0.914. The highest BCUT2D eigenvalue weighted by molar-refractivity contribution is 5.58. The van der Waals surface area contributed by atoms with Gasteiger partial charge in [-0.15, -0.1) is 0 Å². The number of hydroxylamine groups is 1. The predicted octanol–water partition coefficient (Wildman–Crippen LogP) is 0.672. The summed E-state index contributed by atoms with van der Waals surface area (Å²) in [6.07, 6.45) is 0.236. The number of rotatable bonds is 1. The highest BCUT2D eigenvalue weighted by Crippen LogP contribution is 2.37. The first kappa shape index (κ1) is 7.32. The molecule has 0 aromatic heterocycles. The molecule has 2 aliphatic rings. The number of nitrogens with one attached hydrogen (secondary N) is 1. The SMILES string of the molecule is CON1C2NCc3ccccc3N21. The van der Waals surface area contributed by atoms with Crippen molar-refractivity contribution in [3.05, 3.63) is 29.8 Å². The maximum absolute atomic E-state index is 5.16. The zero-order valence-corrected chi connectivity index (χ0v) is 7.40. The van der Waals surface area contributed by atoms with Gasteiger partial charge in [0, 0.05) is 6.54 Å². The number of benzene rings is 1. The zero-order valence-electron chi connectivity index (χ0n) is 7.40. The number of para-hydroxylation sites is 1. The van der Waals surface area contributed by atoms with Crippen LogP contribution < -0.4 is 10.3 Å². The first-order valence-corrected chi connectivity index (χ1v) is 4.35. The Hall–Kier alpha value is -1.10. The highest BCUT2D eigenvalue weighted by Gasteiger charge is 2.49. The number of hydrogen-bond acceptors (Lipinski definition) is 4. The summed E-state index contributed by atoms with van der Waals surface area (Å²) in [4.78, 5) is 5.16. The smallest absolute Gasteiger partial charge is 0.197 e. The van der Waals surface area contributed by atoms with Crippen molar-refractivity contribution in [3.8, 4) is 0 Å². The topological polar surface area (TPSA) is 27.3 Å². The Morgan fingerprint density at radius 1 is 1.46 bits per heavy atom. The van der Waals surface area contributed by atoms with Crippen molar-refractivity contribution in [2.75, 3.05) is 12.1 Å². The average Bonchev–Trinajstić information content (AvgIpc) is 2.91. The van der Waals surface area contributed by atoms with Crippen molar-refractivity contribution in [3.63, 3.8) is 0 Å². The van der Waals surface area contributed by atoms with Crippen molar-refractivity contribution in [2.24, 2.45) is 0 Å². The molecule has 1 saturated heterocycles. The molecular weight excluding hydrogens is 166 g/mol. The molecule has 2 aliphatic heterocycles. The van der Waals surface area contributed by atoms with Gasteiger partial charge in [0.2, 0.25) is 0 Å².